The summed E-state index contributed by atoms with van der Waals surface area (Å²) in [6, 6.07) is 14.2. The molecule has 0 saturated carbocycles. The van der Waals surface area contributed by atoms with E-state index in [0.717, 1.165) is 9.13 Å². The molecule has 1 aromatic heterocycles. The Bertz CT molecular complexity index is 955. The van der Waals surface area contributed by atoms with Gasteiger partial charge in [-0.05, 0) is 65.4 Å². The third-order valence-electron chi connectivity index (χ3n) is 3.34. The summed E-state index contributed by atoms with van der Waals surface area (Å²) in [5.74, 6) is 0. The number of hydrogen-bond donors (Lipinski definition) is 1. The van der Waals surface area contributed by atoms with Gasteiger partial charge in [0, 0.05) is 15.2 Å². The zero-order valence-electron chi connectivity index (χ0n) is 11.7. The van der Waals surface area contributed by atoms with Gasteiger partial charge in [0.15, 0.2) is 0 Å². The van der Waals surface area contributed by atoms with Crippen LogP contribution in [0.25, 0.3) is 10.9 Å². The number of nitrogens with zero attached hydrogens (tertiary/aromatic N) is 1. The molecule has 2 aromatic carbocycles. The number of benzene rings is 2. The molecule has 0 atom stereocenters. The van der Waals surface area contributed by atoms with Crippen LogP contribution in [0.5, 0.6) is 0 Å². The van der Waals surface area contributed by atoms with Crippen LogP contribution in [-0.2, 0) is 10.0 Å². The van der Waals surface area contributed by atoms with Crippen LogP contribution in [-0.4, -0.2) is 13.4 Å². The van der Waals surface area contributed by atoms with E-state index in [1.54, 1.807) is 42.6 Å². The van der Waals surface area contributed by atoms with E-state index in [2.05, 4.69) is 32.3 Å². The van der Waals surface area contributed by atoms with Gasteiger partial charge in [0.05, 0.1) is 16.1 Å². The van der Waals surface area contributed by atoms with Gasteiger partial charge in [0.1, 0.15) is 0 Å². The molecule has 0 aliphatic heterocycles. The van der Waals surface area contributed by atoms with Gasteiger partial charge in [0.25, 0.3) is 10.0 Å². The maximum absolute atomic E-state index is 12.7. The summed E-state index contributed by atoms with van der Waals surface area (Å²) in [6.45, 7) is 1.92. The van der Waals surface area contributed by atoms with Gasteiger partial charge in [-0.25, -0.2) is 8.42 Å². The Balaban J connectivity index is 2.14. The van der Waals surface area contributed by atoms with E-state index in [1.807, 2.05) is 19.1 Å². The highest BCUT2D eigenvalue weighted by atomic mass is 127. The minimum atomic E-state index is -3.67. The van der Waals surface area contributed by atoms with Gasteiger partial charge < -0.3 is 0 Å². The lowest BCUT2D eigenvalue weighted by atomic mass is 10.1. The molecule has 0 aliphatic carbocycles. The SMILES string of the molecule is Cc1ccc(S(=O)(=O)Nc2ccccc2I)c2cccnc12. The van der Waals surface area contributed by atoms with Crippen molar-refractivity contribution in [1.82, 2.24) is 4.98 Å². The second-order valence-electron chi connectivity index (χ2n) is 4.87. The fraction of sp³-hybridized carbons (Fsp3) is 0.0625. The monoisotopic (exact) mass is 424 g/mol. The average molecular weight is 424 g/mol. The van der Waals surface area contributed by atoms with Crippen LogP contribution in [0.15, 0.2) is 59.6 Å². The number of pyridine rings is 1. The number of para-hydroxylation sites is 1. The molecule has 112 valence electrons. The molecule has 1 heterocycles. The van der Waals surface area contributed by atoms with Gasteiger partial charge in [-0.3, -0.25) is 9.71 Å². The molecule has 0 bridgehead atoms. The first-order valence-corrected chi connectivity index (χ1v) is 9.17. The quantitative estimate of drug-likeness (QED) is 0.648. The Hall–Kier alpha value is -1.67. The highest BCUT2D eigenvalue weighted by Gasteiger charge is 2.19. The van der Waals surface area contributed by atoms with Crippen molar-refractivity contribution in [3.05, 3.63) is 63.9 Å². The first-order valence-electron chi connectivity index (χ1n) is 6.61. The van der Waals surface area contributed by atoms with E-state index in [-0.39, 0.29) is 4.90 Å². The van der Waals surface area contributed by atoms with E-state index in [1.165, 1.54) is 0 Å². The summed E-state index contributed by atoms with van der Waals surface area (Å²) in [7, 11) is -3.67. The third kappa shape index (κ3) is 2.80. The summed E-state index contributed by atoms with van der Waals surface area (Å²) < 4.78 is 29.0. The molecule has 3 rings (SSSR count). The normalized spacial score (nSPS) is 11.5. The summed E-state index contributed by atoms with van der Waals surface area (Å²) in [6.07, 6.45) is 1.67. The van der Waals surface area contributed by atoms with Gasteiger partial charge in [-0.2, -0.15) is 0 Å². The minimum Gasteiger partial charge on any atom is -0.279 e. The number of nitrogens with one attached hydrogen (secondary N) is 1. The fourth-order valence-corrected chi connectivity index (χ4v) is 4.25. The topological polar surface area (TPSA) is 59.1 Å². The predicted octanol–water partition coefficient (Wildman–Crippen LogP) is 3.95. The molecule has 0 spiro atoms. The number of sulfonamides is 1. The molecule has 6 heteroatoms. The first kappa shape index (κ1) is 15.2. The van der Waals surface area contributed by atoms with Gasteiger partial charge >= 0.3 is 0 Å². The molecule has 4 nitrogen and oxygen atoms in total. The van der Waals surface area contributed by atoms with Crippen LogP contribution < -0.4 is 4.72 Å². The first-order chi connectivity index (χ1) is 10.5. The summed E-state index contributed by atoms with van der Waals surface area (Å²) in [5, 5.41) is 0.626. The number of aromatic nitrogens is 1. The Kier molecular flexibility index (Phi) is 4.05. The zero-order valence-corrected chi connectivity index (χ0v) is 14.7. The number of halogens is 1. The number of hydrogen-bond acceptors (Lipinski definition) is 3. The van der Waals surface area contributed by atoms with Crippen molar-refractivity contribution in [2.75, 3.05) is 4.72 Å². The molecule has 0 radical (unpaired) electrons. The second kappa shape index (κ2) is 5.85. The molecular formula is C16H13IN2O2S. The van der Waals surface area contributed by atoms with Crippen molar-refractivity contribution in [1.29, 1.82) is 0 Å². The Labute approximate surface area is 142 Å². The van der Waals surface area contributed by atoms with Crippen molar-refractivity contribution in [2.24, 2.45) is 0 Å². The predicted molar refractivity (Wildman–Crippen MR) is 96.4 cm³/mol. The lowest BCUT2D eigenvalue weighted by Crippen LogP contribution is -2.14. The largest absolute Gasteiger partial charge is 0.279 e. The smallest absolute Gasteiger partial charge is 0.262 e. The maximum atomic E-state index is 12.7. The molecule has 0 saturated heterocycles. The van der Waals surface area contributed by atoms with Crippen LogP contribution in [0, 0.1) is 10.5 Å². The van der Waals surface area contributed by atoms with Crippen LogP contribution in [0.4, 0.5) is 5.69 Å². The molecule has 0 fully saturated rings. The van der Waals surface area contributed by atoms with E-state index in [4.69, 9.17) is 0 Å². The van der Waals surface area contributed by atoms with E-state index < -0.39 is 10.0 Å². The number of fused-ring (bicyclic) bond motifs is 1. The summed E-state index contributed by atoms with van der Waals surface area (Å²) in [5.41, 5.74) is 2.22. The van der Waals surface area contributed by atoms with Crippen molar-refractivity contribution < 1.29 is 8.42 Å². The summed E-state index contributed by atoms with van der Waals surface area (Å²) >= 11 is 2.10. The average Bonchev–Trinajstić information content (AvgIpc) is 2.50. The second-order valence-corrected chi connectivity index (χ2v) is 7.68. The molecule has 3 aromatic rings. The molecule has 0 unspecified atom stereocenters. The lowest BCUT2D eigenvalue weighted by molar-refractivity contribution is 0.602. The zero-order chi connectivity index (χ0) is 15.7. The Morgan fingerprint density at radius 3 is 2.59 bits per heavy atom. The standard InChI is InChI=1S/C16H13IN2O2S/c1-11-8-9-15(12-5-4-10-18-16(11)12)22(20,21)19-14-7-3-2-6-13(14)17/h2-10,19H,1H3. The van der Waals surface area contributed by atoms with Crippen molar-refractivity contribution in [3.63, 3.8) is 0 Å². The molecule has 0 aliphatic rings. The minimum absolute atomic E-state index is 0.237. The number of anilines is 1. The van der Waals surface area contributed by atoms with Crippen molar-refractivity contribution in [3.8, 4) is 0 Å². The van der Waals surface area contributed by atoms with E-state index in [0.29, 0.717) is 16.6 Å². The summed E-state index contributed by atoms with van der Waals surface area (Å²) in [4.78, 5) is 4.52. The highest BCUT2D eigenvalue weighted by molar-refractivity contribution is 14.1. The van der Waals surface area contributed by atoms with E-state index >= 15 is 0 Å². The highest BCUT2D eigenvalue weighted by Crippen LogP contribution is 2.27. The molecule has 1 N–H and O–H groups in total. The third-order valence-corrected chi connectivity index (χ3v) is 5.70. The van der Waals surface area contributed by atoms with Crippen LogP contribution in [0.2, 0.25) is 0 Å². The molecule has 0 amide bonds. The van der Waals surface area contributed by atoms with Crippen LogP contribution in [0.1, 0.15) is 5.56 Å². The van der Waals surface area contributed by atoms with Crippen LogP contribution in [0.3, 0.4) is 0 Å². The van der Waals surface area contributed by atoms with Gasteiger partial charge in [-0.15, -0.1) is 0 Å². The lowest BCUT2D eigenvalue weighted by Gasteiger charge is -2.12. The van der Waals surface area contributed by atoms with Crippen molar-refractivity contribution in [2.45, 2.75) is 11.8 Å². The van der Waals surface area contributed by atoms with Gasteiger partial charge in [-0.1, -0.05) is 18.2 Å². The number of aryl methyl sites for hydroxylation is 1. The fourth-order valence-electron chi connectivity index (χ4n) is 2.27. The van der Waals surface area contributed by atoms with Crippen molar-refractivity contribution >= 4 is 49.2 Å². The Morgan fingerprint density at radius 1 is 1.05 bits per heavy atom. The van der Waals surface area contributed by atoms with Crippen LogP contribution >= 0.6 is 22.6 Å². The van der Waals surface area contributed by atoms with Gasteiger partial charge in [0.2, 0.25) is 0 Å². The van der Waals surface area contributed by atoms with E-state index in [9.17, 15) is 8.42 Å². The number of rotatable bonds is 3. The molecule has 22 heavy (non-hydrogen) atoms. The molecular weight excluding hydrogens is 411 g/mol. The maximum Gasteiger partial charge on any atom is 0.262 e. The Morgan fingerprint density at radius 2 is 1.82 bits per heavy atom.